The van der Waals surface area contributed by atoms with E-state index in [-0.39, 0.29) is 29.4 Å². The van der Waals surface area contributed by atoms with Gasteiger partial charge in [-0.15, -0.1) is 0 Å². The minimum atomic E-state index is -0.141. The van der Waals surface area contributed by atoms with Crippen LogP contribution in [-0.4, -0.2) is 66.5 Å². The monoisotopic (exact) mass is 548 g/mol. The molecule has 0 radical (unpaired) electrons. The predicted molar refractivity (Wildman–Crippen MR) is 157 cm³/mol. The summed E-state index contributed by atoms with van der Waals surface area (Å²) < 4.78 is 0. The Kier molecular flexibility index (Phi) is 12.0. The molecule has 2 aliphatic heterocycles. The Hall–Kier alpha value is -3.36. The van der Waals surface area contributed by atoms with Gasteiger partial charge in [0.2, 0.25) is 17.7 Å². The summed E-state index contributed by atoms with van der Waals surface area (Å²) in [6.07, 6.45) is 3.43. The zero-order valence-electron chi connectivity index (χ0n) is 24.4. The summed E-state index contributed by atoms with van der Waals surface area (Å²) in [6, 6.07) is 14.2. The van der Waals surface area contributed by atoms with Crippen molar-refractivity contribution in [2.24, 2.45) is 5.92 Å². The number of imide groups is 1. The lowest BCUT2D eigenvalue weighted by Gasteiger charge is -2.32. The third-order valence-corrected chi connectivity index (χ3v) is 7.43. The summed E-state index contributed by atoms with van der Waals surface area (Å²) >= 11 is 0. The molecule has 0 spiro atoms. The molecule has 2 fully saturated rings. The van der Waals surface area contributed by atoms with Crippen molar-refractivity contribution in [1.29, 1.82) is 0 Å². The summed E-state index contributed by atoms with van der Waals surface area (Å²) in [4.78, 5) is 50.3. The number of Topliss-reactive ketones (excluding diaryl/α,β-unsaturated/α-hetero) is 1. The number of piperazine rings is 1. The third-order valence-electron chi connectivity index (χ3n) is 7.43. The van der Waals surface area contributed by atoms with Crippen LogP contribution < -0.4 is 10.6 Å². The molecule has 1 unspecified atom stereocenters. The summed E-state index contributed by atoms with van der Waals surface area (Å²) in [7, 11) is 2.17. The van der Waals surface area contributed by atoms with Crippen LogP contribution in [0.3, 0.4) is 0 Å². The van der Waals surface area contributed by atoms with Crippen molar-refractivity contribution >= 4 is 23.5 Å². The third kappa shape index (κ3) is 9.99. The van der Waals surface area contributed by atoms with Gasteiger partial charge in [0.05, 0.1) is 6.42 Å². The molecule has 0 aliphatic carbocycles. The van der Waals surface area contributed by atoms with Gasteiger partial charge in [0, 0.05) is 57.2 Å². The van der Waals surface area contributed by atoms with Crippen LogP contribution in [0.25, 0.3) is 0 Å². The van der Waals surface area contributed by atoms with Crippen LogP contribution in [0.4, 0.5) is 0 Å². The van der Waals surface area contributed by atoms with Crippen molar-refractivity contribution < 1.29 is 19.2 Å². The van der Waals surface area contributed by atoms with Crippen LogP contribution >= 0.6 is 0 Å². The number of rotatable bonds is 9. The molecule has 1 atom stereocenters. The number of amides is 3. The quantitative estimate of drug-likeness (QED) is 0.368. The number of carbonyl (C=O) groups is 4. The van der Waals surface area contributed by atoms with E-state index in [0.29, 0.717) is 25.8 Å². The van der Waals surface area contributed by atoms with Gasteiger partial charge in [-0.3, -0.25) is 29.4 Å². The zero-order valence-corrected chi connectivity index (χ0v) is 24.4. The van der Waals surface area contributed by atoms with E-state index in [2.05, 4.69) is 52.6 Å². The van der Waals surface area contributed by atoms with E-state index < -0.39 is 0 Å². The highest BCUT2D eigenvalue weighted by molar-refractivity contribution is 5.98. The maximum absolute atomic E-state index is 12.5. The number of piperidine rings is 1. The van der Waals surface area contributed by atoms with Crippen LogP contribution in [0.15, 0.2) is 42.5 Å². The lowest BCUT2D eigenvalue weighted by molar-refractivity contribution is -0.135. The minimum Gasteiger partial charge on any atom is -0.352 e. The number of hydrogen-bond donors (Lipinski definition) is 2. The second-order valence-electron chi connectivity index (χ2n) is 11.0. The fourth-order valence-electron chi connectivity index (χ4n) is 4.93. The molecule has 2 aliphatic rings. The molecule has 0 saturated carbocycles. The normalized spacial score (nSPS) is 17.9. The highest BCUT2D eigenvalue weighted by Crippen LogP contribution is 2.16. The molecule has 2 heterocycles. The predicted octanol–water partition coefficient (Wildman–Crippen LogP) is 3.51. The first-order valence-corrected chi connectivity index (χ1v) is 14.4. The molecule has 40 heavy (non-hydrogen) atoms. The van der Waals surface area contributed by atoms with Crippen molar-refractivity contribution in [2.75, 3.05) is 33.2 Å². The molecular formula is C32H44N4O4. The van der Waals surface area contributed by atoms with E-state index in [0.717, 1.165) is 67.8 Å². The van der Waals surface area contributed by atoms with Crippen molar-refractivity contribution in [2.45, 2.75) is 66.0 Å². The highest BCUT2D eigenvalue weighted by Gasteiger charge is 2.21. The Morgan fingerprint density at radius 3 is 2.38 bits per heavy atom. The molecule has 216 valence electrons. The van der Waals surface area contributed by atoms with E-state index in [9.17, 15) is 19.2 Å². The van der Waals surface area contributed by atoms with E-state index in [1.807, 2.05) is 31.2 Å². The average Bonchev–Trinajstić information content (AvgIpc) is 2.92. The first-order chi connectivity index (χ1) is 19.1. The standard InChI is InChI=1S/C26H35N3O2.C6H9NO2/c1-4-6-24-16-22(9-10-25(24)20(2)30)18-27-26(31)17-21-7-5-8-23(15-21)19-29-13-11-28(3)12-14-29;1-4-2-3-5(8)7-6(4)9/h5,7-10,15-16H,4,6,11-14,17-19H2,1-3H3,(H,27,31);4H,2-3H2,1H3,(H,7,8,9). The largest absolute Gasteiger partial charge is 0.352 e. The molecule has 3 amide bonds. The molecule has 2 N–H and O–H groups in total. The Labute approximate surface area is 238 Å². The van der Waals surface area contributed by atoms with Crippen molar-refractivity contribution in [3.8, 4) is 0 Å². The molecule has 2 saturated heterocycles. The van der Waals surface area contributed by atoms with E-state index >= 15 is 0 Å². The van der Waals surface area contributed by atoms with Crippen molar-refractivity contribution in [3.05, 3.63) is 70.3 Å². The van der Waals surface area contributed by atoms with Crippen molar-refractivity contribution in [3.63, 3.8) is 0 Å². The molecule has 0 bridgehead atoms. The first-order valence-electron chi connectivity index (χ1n) is 14.4. The molecular weight excluding hydrogens is 504 g/mol. The van der Waals surface area contributed by atoms with Gasteiger partial charge in [-0.25, -0.2) is 0 Å². The maximum Gasteiger partial charge on any atom is 0.229 e. The molecule has 2 aromatic carbocycles. The molecule has 4 rings (SSSR count). The Morgan fingerprint density at radius 1 is 1.00 bits per heavy atom. The fourth-order valence-corrected chi connectivity index (χ4v) is 4.93. The zero-order chi connectivity index (χ0) is 29.1. The van der Waals surface area contributed by atoms with Crippen LogP contribution in [0.5, 0.6) is 0 Å². The molecule has 0 aromatic heterocycles. The number of hydrogen-bond acceptors (Lipinski definition) is 6. The highest BCUT2D eigenvalue weighted by atomic mass is 16.2. The number of ketones is 1. The molecule has 2 aromatic rings. The second kappa shape index (κ2) is 15.4. The van der Waals surface area contributed by atoms with E-state index in [1.54, 1.807) is 6.92 Å². The van der Waals surface area contributed by atoms with Gasteiger partial charge < -0.3 is 10.2 Å². The lowest BCUT2D eigenvalue weighted by atomic mass is 9.98. The summed E-state index contributed by atoms with van der Waals surface area (Å²) in [6.45, 7) is 11.3. The Morgan fingerprint density at radius 2 is 1.73 bits per heavy atom. The Balaban J connectivity index is 0.000000415. The number of nitrogens with zero attached hydrogens (tertiary/aromatic N) is 2. The minimum absolute atomic E-state index is 0.0164. The smallest absolute Gasteiger partial charge is 0.229 e. The summed E-state index contributed by atoms with van der Waals surface area (Å²) in [5, 5.41) is 5.28. The fraction of sp³-hybridized carbons (Fsp3) is 0.500. The number of aryl methyl sites for hydroxylation is 1. The average molecular weight is 549 g/mol. The molecule has 8 nitrogen and oxygen atoms in total. The number of nitrogens with one attached hydrogen (secondary N) is 2. The molecule has 8 heteroatoms. The van der Waals surface area contributed by atoms with Gasteiger partial charge in [0.15, 0.2) is 5.78 Å². The summed E-state index contributed by atoms with van der Waals surface area (Å²) in [5.41, 5.74) is 5.19. The van der Waals surface area contributed by atoms with Gasteiger partial charge in [-0.1, -0.05) is 62.7 Å². The van der Waals surface area contributed by atoms with Crippen LogP contribution in [0, 0.1) is 5.92 Å². The van der Waals surface area contributed by atoms with Gasteiger partial charge in [0.1, 0.15) is 0 Å². The van der Waals surface area contributed by atoms with Crippen LogP contribution in [-0.2, 0) is 40.3 Å². The SMILES string of the molecule is CC1CCC(=O)NC1=O.CCCc1cc(CNC(=O)Cc2cccc(CN3CCN(C)CC3)c2)ccc1C(C)=O. The van der Waals surface area contributed by atoms with Gasteiger partial charge in [0.25, 0.3) is 0 Å². The first kappa shape index (κ1) is 31.2. The van der Waals surface area contributed by atoms with E-state index in [1.165, 1.54) is 5.56 Å². The number of carbonyl (C=O) groups excluding carboxylic acids is 4. The topological polar surface area (TPSA) is 98.8 Å². The van der Waals surface area contributed by atoms with Crippen molar-refractivity contribution in [1.82, 2.24) is 20.4 Å². The van der Waals surface area contributed by atoms with Crippen LogP contribution in [0.1, 0.15) is 72.6 Å². The van der Waals surface area contributed by atoms with E-state index in [4.69, 9.17) is 0 Å². The number of likely N-dealkylation sites (N-methyl/N-ethyl adjacent to an activating group) is 1. The maximum atomic E-state index is 12.5. The summed E-state index contributed by atoms with van der Waals surface area (Å²) in [5.74, 6) is -0.146. The second-order valence-corrected chi connectivity index (χ2v) is 11.0. The lowest BCUT2D eigenvalue weighted by Crippen LogP contribution is -2.43. The number of benzene rings is 2. The van der Waals surface area contributed by atoms with Gasteiger partial charge in [-0.2, -0.15) is 0 Å². The van der Waals surface area contributed by atoms with Crippen LogP contribution in [0.2, 0.25) is 0 Å². The Bertz CT molecular complexity index is 1190. The van der Waals surface area contributed by atoms with Gasteiger partial charge >= 0.3 is 0 Å². The van der Waals surface area contributed by atoms with Gasteiger partial charge in [-0.05, 0) is 49.1 Å².